The molecule has 0 fully saturated rings. The standard InChI is InChI=1S/C37H64NO8P/c1-3-5-7-9-11-13-15-16-17-18-20-21-23-25-27-29-36(39)43-33-35(34-45-47(41,42)44-32-31-38)46-37(40)30-28-26-24-22-19-14-12-10-8-6-4-2/h5,7,10-13,16-17,20-21,35H,3-4,6,8-9,14-15,18-19,22-34,38H2,1-2H3,(H,41,42)/b7-5-,12-10-,13-11-,17-16-,21-20-/t35-/m1/s1. The Morgan fingerprint density at radius 1 is 0.660 bits per heavy atom. The lowest BCUT2D eigenvalue weighted by atomic mass is 10.1. The van der Waals surface area contributed by atoms with Gasteiger partial charge in [0.25, 0.3) is 0 Å². The number of carbonyl (C=O) groups is 2. The maximum atomic E-state index is 12.5. The highest BCUT2D eigenvalue weighted by atomic mass is 31.2. The summed E-state index contributed by atoms with van der Waals surface area (Å²) < 4.78 is 32.5. The summed E-state index contributed by atoms with van der Waals surface area (Å²) >= 11 is 0. The number of unbranched alkanes of at least 4 members (excludes halogenated alkanes) is 9. The second kappa shape index (κ2) is 33.6. The van der Waals surface area contributed by atoms with Gasteiger partial charge in [0, 0.05) is 19.4 Å². The molecule has 0 bridgehead atoms. The van der Waals surface area contributed by atoms with Gasteiger partial charge in [-0.25, -0.2) is 4.57 Å². The Balaban J connectivity index is 4.36. The molecule has 0 aromatic heterocycles. The average molecular weight is 682 g/mol. The van der Waals surface area contributed by atoms with Crippen LogP contribution in [0.1, 0.15) is 129 Å². The number of esters is 2. The molecule has 3 N–H and O–H groups in total. The van der Waals surface area contributed by atoms with Gasteiger partial charge in [0.15, 0.2) is 6.10 Å². The largest absolute Gasteiger partial charge is 0.472 e. The molecule has 0 aromatic rings. The number of hydrogen-bond acceptors (Lipinski definition) is 8. The van der Waals surface area contributed by atoms with Crippen LogP contribution in [0.3, 0.4) is 0 Å². The molecule has 0 radical (unpaired) electrons. The van der Waals surface area contributed by atoms with Gasteiger partial charge in [-0.2, -0.15) is 0 Å². The summed E-state index contributed by atoms with van der Waals surface area (Å²) in [6.07, 6.45) is 36.9. The molecular weight excluding hydrogens is 617 g/mol. The summed E-state index contributed by atoms with van der Waals surface area (Å²) in [5, 5.41) is 0. The van der Waals surface area contributed by atoms with Gasteiger partial charge in [-0.3, -0.25) is 18.6 Å². The lowest BCUT2D eigenvalue weighted by Crippen LogP contribution is -2.29. The number of hydrogen-bond donors (Lipinski definition) is 2. The van der Waals surface area contributed by atoms with E-state index in [-0.39, 0.29) is 32.6 Å². The number of carbonyl (C=O) groups excluding carboxylic acids is 2. The first kappa shape index (κ1) is 44.7. The molecule has 0 amide bonds. The molecule has 1 unspecified atom stereocenters. The zero-order valence-corrected chi connectivity index (χ0v) is 30.1. The molecule has 10 heteroatoms. The highest BCUT2D eigenvalue weighted by Gasteiger charge is 2.25. The van der Waals surface area contributed by atoms with Crippen molar-refractivity contribution < 1.29 is 37.6 Å². The smallest absolute Gasteiger partial charge is 0.462 e. The van der Waals surface area contributed by atoms with E-state index in [1.807, 2.05) is 0 Å². The molecular formula is C37H64NO8P. The van der Waals surface area contributed by atoms with Gasteiger partial charge in [0.05, 0.1) is 13.2 Å². The predicted molar refractivity (Wildman–Crippen MR) is 192 cm³/mol. The maximum Gasteiger partial charge on any atom is 0.472 e. The van der Waals surface area contributed by atoms with Gasteiger partial charge in [-0.1, -0.05) is 107 Å². The van der Waals surface area contributed by atoms with Gasteiger partial charge < -0.3 is 20.1 Å². The van der Waals surface area contributed by atoms with Gasteiger partial charge >= 0.3 is 19.8 Å². The lowest BCUT2D eigenvalue weighted by molar-refractivity contribution is -0.161. The molecule has 0 saturated carbocycles. The van der Waals surface area contributed by atoms with Crippen molar-refractivity contribution in [1.29, 1.82) is 0 Å². The van der Waals surface area contributed by atoms with Crippen molar-refractivity contribution in [2.24, 2.45) is 5.73 Å². The molecule has 0 aromatic carbocycles. The Labute approximate surface area is 285 Å². The van der Waals surface area contributed by atoms with Crippen LogP contribution in [0.25, 0.3) is 0 Å². The van der Waals surface area contributed by atoms with Crippen LogP contribution in [-0.4, -0.2) is 49.3 Å². The fraction of sp³-hybridized carbons (Fsp3) is 0.676. The van der Waals surface area contributed by atoms with Crippen LogP contribution in [0.5, 0.6) is 0 Å². The summed E-state index contributed by atoms with van der Waals surface area (Å²) in [5.74, 6) is -0.898. The van der Waals surface area contributed by atoms with Crippen molar-refractivity contribution in [3.63, 3.8) is 0 Å². The number of ether oxygens (including phenoxy) is 2. The third-order valence-electron chi connectivity index (χ3n) is 6.89. The molecule has 0 aliphatic rings. The normalized spacial score (nSPS) is 14.2. The Morgan fingerprint density at radius 3 is 1.81 bits per heavy atom. The molecule has 47 heavy (non-hydrogen) atoms. The second-order valence-corrected chi connectivity index (χ2v) is 12.8. The van der Waals surface area contributed by atoms with Gasteiger partial charge in [0.1, 0.15) is 6.61 Å². The second-order valence-electron chi connectivity index (χ2n) is 11.3. The Kier molecular flexibility index (Phi) is 32.0. The fourth-order valence-corrected chi connectivity index (χ4v) is 5.02. The monoisotopic (exact) mass is 681 g/mol. The van der Waals surface area contributed by atoms with Crippen LogP contribution in [0.15, 0.2) is 60.8 Å². The van der Waals surface area contributed by atoms with E-state index in [4.69, 9.17) is 24.3 Å². The Morgan fingerprint density at radius 2 is 1.17 bits per heavy atom. The van der Waals surface area contributed by atoms with Crippen molar-refractivity contribution in [1.82, 2.24) is 0 Å². The SMILES string of the molecule is CC/C=C\C/C=C\C/C=C\C/C=C\CCCCC(=O)OC[C@H](COP(=O)(O)OCCN)OC(=O)CCCCCCC/C=C\CCCC. The van der Waals surface area contributed by atoms with Gasteiger partial charge in [-0.05, 0) is 70.6 Å². The minimum atomic E-state index is -4.38. The van der Waals surface area contributed by atoms with E-state index in [0.29, 0.717) is 12.8 Å². The van der Waals surface area contributed by atoms with E-state index in [1.54, 1.807) is 0 Å². The minimum Gasteiger partial charge on any atom is -0.462 e. The maximum absolute atomic E-state index is 12.5. The van der Waals surface area contributed by atoms with Crippen LogP contribution >= 0.6 is 7.82 Å². The highest BCUT2D eigenvalue weighted by Crippen LogP contribution is 2.43. The lowest BCUT2D eigenvalue weighted by Gasteiger charge is -2.19. The van der Waals surface area contributed by atoms with Crippen molar-refractivity contribution >= 4 is 19.8 Å². The van der Waals surface area contributed by atoms with Crippen molar-refractivity contribution in [3.05, 3.63) is 60.8 Å². The molecule has 0 aliphatic heterocycles. The van der Waals surface area contributed by atoms with Crippen LogP contribution in [0, 0.1) is 0 Å². The average Bonchev–Trinajstić information content (AvgIpc) is 3.05. The summed E-state index contributed by atoms with van der Waals surface area (Å²) in [4.78, 5) is 34.6. The van der Waals surface area contributed by atoms with Crippen LogP contribution in [-0.2, 0) is 32.7 Å². The van der Waals surface area contributed by atoms with Gasteiger partial charge in [-0.15, -0.1) is 0 Å². The van der Waals surface area contributed by atoms with Gasteiger partial charge in [0.2, 0.25) is 0 Å². The van der Waals surface area contributed by atoms with E-state index in [2.05, 4.69) is 74.6 Å². The quantitative estimate of drug-likeness (QED) is 0.0308. The van der Waals surface area contributed by atoms with Crippen LogP contribution in [0.2, 0.25) is 0 Å². The number of rotatable bonds is 32. The van der Waals surface area contributed by atoms with E-state index in [9.17, 15) is 19.0 Å². The van der Waals surface area contributed by atoms with E-state index < -0.39 is 32.5 Å². The Hall–Kier alpha value is -2.29. The molecule has 0 spiro atoms. The number of nitrogens with two attached hydrogens (primary N) is 1. The van der Waals surface area contributed by atoms with Crippen LogP contribution in [0.4, 0.5) is 0 Å². The molecule has 2 atom stereocenters. The number of allylic oxidation sites excluding steroid dienone is 10. The van der Waals surface area contributed by atoms with Crippen molar-refractivity contribution in [3.8, 4) is 0 Å². The van der Waals surface area contributed by atoms with E-state index in [1.165, 1.54) is 12.8 Å². The minimum absolute atomic E-state index is 0.0435. The predicted octanol–water partition coefficient (Wildman–Crippen LogP) is 9.38. The third kappa shape index (κ3) is 33.4. The fourth-order valence-electron chi connectivity index (χ4n) is 4.25. The zero-order chi connectivity index (χ0) is 34.7. The molecule has 0 aliphatic carbocycles. The molecule has 9 nitrogen and oxygen atoms in total. The summed E-state index contributed by atoms with van der Waals surface area (Å²) in [6, 6.07) is 0. The van der Waals surface area contributed by atoms with Crippen molar-refractivity contribution in [2.45, 2.75) is 136 Å². The van der Waals surface area contributed by atoms with E-state index >= 15 is 0 Å². The Bertz CT molecular complexity index is 960. The third-order valence-corrected chi connectivity index (χ3v) is 7.87. The first-order valence-corrected chi connectivity index (χ1v) is 19.3. The summed E-state index contributed by atoms with van der Waals surface area (Å²) in [7, 11) is -4.38. The topological polar surface area (TPSA) is 134 Å². The first-order chi connectivity index (χ1) is 22.8. The highest BCUT2D eigenvalue weighted by molar-refractivity contribution is 7.47. The van der Waals surface area contributed by atoms with Crippen LogP contribution < -0.4 is 5.73 Å². The van der Waals surface area contributed by atoms with E-state index in [0.717, 1.165) is 77.0 Å². The summed E-state index contributed by atoms with van der Waals surface area (Å²) in [6.45, 7) is 3.48. The number of phosphoric acid groups is 1. The number of phosphoric ester groups is 1. The zero-order valence-electron chi connectivity index (χ0n) is 29.2. The molecule has 0 heterocycles. The molecule has 0 rings (SSSR count). The van der Waals surface area contributed by atoms with Crippen molar-refractivity contribution in [2.75, 3.05) is 26.4 Å². The molecule has 0 saturated heterocycles. The molecule has 270 valence electrons. The first-order valence-electron chi connectivity index (χ1n) is 17.8. The summed E-state index contributed by atoms with van der Waals surface area (Å²) in [5.41, 5.74) is 5.32.